The zero-order chi connectivity index (χ0) is 14.7. The molecule has 0 spiro atoms. The third-order valence-electron chi connectivity index (χ3n) is 5.90. The number of nitrogens with one attached hydrogen (secondary N) is 1. The van der Waals surface area contributed by atoms with Gasteiger partial charge in [-0.2, -0.15) is 0 Å². The van der Waals surface area contributed by atoms with Crippen molar-refractivity contribution in [1.82, 2.24) is 10.2 Å². The summed E-state index contributed by atoms with van der Waals surface area (Å²) in [5.74, 6) is 1.74. The molecule has 1 aliphatic carbocycles. The highest BCUT2D eigenvalue weighted by Gasteiger charge is 2.42. The molecular formula is C18H34N2O. The summed E-state index contributed by atoms with van der Waals surface area (Å²) in [5.41, 5.74) is 0.376. The fourth-order valence-electron chi connectivity index (χ4n) is 4.73. The summed E-state index contributed by atoms with van der Waals surface area (Å²) in [6, 6.07) is 0.890. The zero-order valence-electron chi connectivity index (χ0n) is 14.1. The number of fused-ring (bicyclic) bond motifs is 1. The summed E-state index contributed by atoms with van der Waals surface area (Å²) in [6.45, 7) is 11.4. The Morgan fingerprint density at radius 2 is 2.10 bits per heavy atom. The molecule has 3 rings (SSSR count). The molecule has 3 unspecified atom stereocenters. The summed E-state index contributed by atoms with van der Waals surface area (Å²) in [7, 11) is 0. The van der Waals surface area contributed by atoms with Gasteiger partial charge in [-0.25, -0.2) is 0 Å². The van der Waals surface area contributed by atoms with Crippen molar-refractivity contribution in [2.75, 3.05) is 39.4 Å². The van der Waals surface area contributed by atoms with Gasteiger partial charge in [0.05, 0.1) is 6.61 Å². The van der Waals surface area contributed by atoms with Crippen LogP contribution in [0.2, 0.25) is 0 Å². The van der Waals surface area contributed by atoms with Crippen LogP contribution in [0.15, 0.2) is 0 Å². The third-order valence-corrected chi connectivity index (χ3v) is 5.90. The fraction of sp³-hybridized carbons (Fsp3) is 1.00. The molecule has 1 N–H and O–H groups in total. The van der Waals surface area contributed by atoms with Crippen molar-refractivity contribution >= 4 is 0 Å². The maximum Gasteiger partial charge on any atom is 0.0547 e. The highest BCUT2D eigenvalue weighted by molar-refractivity contribution is 4.95. The number of rotatable bonds is 6. The van der Waals surface area contributed by atoms with Crippen molar-refractivity contribution in [1.29, 1.82) is 0 Å². The van der Waals surface area contributed by atoms with Crippen molar-refractivity contribution in [2.24, 2.45) is 17.3 Å². The lowest BCUT2D eigenvalue weighted by atomic mass is 9.83. The summed E-state index contributed by atoms with van der Waals surface area (Å²) in [4.78, 5) is 2.83. The van der Waals surface area contributed by atoms with E-state index in [0.717, 1.165) is 44.2 Å². The Kier molecular flexibility index (Phi) is 5.23. The predicted octanol–water partition coefficient (Wildman–Crippen LogP) is 2.90. The highest BCUT2D eigenvalue weighted by atomic mass is 16.5. The molecule has 0 bridgehead atoms. The monoisotopic (exact) mass is 294 g/mol. The van der Waals surface area contributed by atoms with Crippen molar-refractivity contribution in [3.05, 3.63) is 0 Å². The Morgan fingerprint density at radius 1 is 1.24 bits per heavy atom. The van der Waals surface area contributed by atoms with Gasteiger partial charge >= 0.3 is 0 Å². The topological polar surface area (TPSA) is 24.5 Å². The standard InChI is InChI=1S/C18H34N2O/c1-15(2)11-19-12-18(8-10-21-14-18)13-20-9-7-16-5-3-4-6-17(16)20/h15-17,19H,3-14H2,1-2H3. The van der Waals surface area contributed by atoms with Gasteiger partial charge in [0, 0.05) is 31.2 Å². The summed E-state index contributed by atoms with van der Waals surface area (Å²) >= 11 is 0. The molecule has 0 aromatic rings. The molecule has 21 heavy (non-hydrogen) atoms. The molecule has 3 atom stereocenters. The van der Waals surface area contributed by atoms with E-state index in [1.54, 1.807) is 0 Å². The van der Waals surface area contributed by atoms with Crippen LogP contribution in [0.25, 0.3) is 0 Å². The van der Waals surface area contributed by atoms with E-state index in [1.165, 1.54) is 51.6 Å². The largest absolute Gasteiger partial charge is 0.381 e. The van der Waals surface area contributed by atoms with Crippen molar-refractivity contribution < 1.29 is 4.74 Å². The van der Waals surface area contributed by atoms with E-state index < -0.39 is 0 Å². The lowest BCUT2D eigenvalue weighted by molar-refractivity contribution is 0.0867. The van der Waals surface area contributed by atoms with Crippen LogP contribution in [0.5, 0.6) is 0 Å². The number of hydrogen-bond acceptors (Lipinski definition) is 3. The minimum Gasteiger partial charge on any atom is -0.381 e. The number of nitrogens with zero attached hydrogens (tertiary/aromatic N) is 1. The van der Waals surface area contributed by atoms with Crippen LogP contribution in [-0.4, -0.2) is 50.3 Å². The second-order valence-electron chi connectivity index (χ2n) is 8.20. The molecule has 2 heterocycles. The van der Waals surface area contributed by atoms with E-state index in [2.05, 4.69) is 24.1 Å². The first-order valence-corrected chi connectivity index (χ1v) is 9.21. The Balaban J connectivity index is 1.57. The van der Waals surface area contributed by atoms with Gasteiger partial charge in [0.2, 0.25) is 0 Å². The van der Waals surface area contributed by atoms with Crippen LogP contribution in [0.4, 0.5) is 0 Å². The quantitative estimate of drug-likeness (QED) is 0.815. The van der Waals surface area contributed by atoms with E-state index in [0.29, 0.717) is 5.41 Å². The van der Waals surface area contributed by atoms with Gasteiger partial charge < -0.3 is 10.1 Å². The minimum atomic E-state index is 0.376. The first kappa shape index (κ1) is 15.8. The van der Waals surface area contributed by atoms with Crippen molar-refractivity contribution in [3.8, 4) is 0 Å². The van der Waals surface area contributed by atoms with Gasteiger partial charge in [-0.3, -0.25) is 4.90 Å². The lowest BCUT2D eigenvalue weighted by Crippen LogP contribution is -2.47. The van der Waals surface area contributed by atoms with E-state index in [1.807, 2.05) is 0 Å². The maximum absolute atomic E-state index is 5.80. The number of hydrogen-bond donors (Lipinski definition) is 1. The molecule has 3 aliphatic rings. The van der Waals surface area contributed by atoms with E-state index >= 15 is 0 Å². The van der Waals surface area contributed by atoms with E-state index in [4.69, 9.17) is 4.74 Å². The molecule has 2 saturated heterocycles. The normalized spacial score (nSPS) is 37.3. The first-order valence-electron chi connectivity index (χ1n) is 9.21. The average molecular weight is 294 g/mol. The molecule has 3 nitrogen and oxygen atoms in total. The highest BCUT2D eigenvalue weighted by Crippen LogP contribution is 2.39. The maximum atomic E-state index is 5.80. The van der Waals surface area contributed by atoms with Gasteiger partial charge in [-0.05, 0) is 50.6 Å². The number of ether oxygens (including phenoxy) is 1. The second-order valence-corrected chi connectivity index (χ2v) is 8.20. The summed E-state index contributed by atoms with van der Waals surface area (Å²) in [6.07, 6.45) is 8.54. The van der Waals surface area contributed by atoms with Gasteiger partial charge in [-0.15, -0.1) is 0 Å². The SMILES string of the molecule is CC(C)CNCC1(CN2CCC3CCCCC32)CCOC1. The van der Waals surface area contributed by atoms with Gasteiger partial charge in [0.25, 0.3) is 0 Å². The van der Waals surface area contributed by atoms with Crippen LogP contribution >= 0.6 is 0 Å². The predicted molar refractivity (Wildman–Crippen MR) is 87.5 cm³/mol. The van der Waals surface area contributed by atoms with Crippen molar-refractivity contribution in [3.63, 3.8) is 0 Å². The molecular weight excluding hydrogens is 260 g/mol. The molecule has 3 heteroatoms. The minimum absolute atomic E-state index is 0.376. The Hall–Kier alpha value is -0.120. The van der Waals surface area contributed by atoms with Crippen LogP contribution < -0.4 is 5.32 Å². The molecule has 0 aromatic heterocycles. The van der Waals surface area contributed by atoms with Crippen LogP contribution in [0, 0.1) is 17.3 Å². The molecule has 3 fully saturated rings. The van der Waals surface area contributed by atoms with Crippen LogP contribution in [0.1, 0.15) is 52.4 Å². The van der Waals surface area contributed by atoms with Crippen LogP contribution in [-0.2, 0) is 4.74 Å². The zero-order valence-corrected chi connectivity index (χ0v) is 14.1. The number of likely N-dealkylation sites (tertiary alicyclic amines) is 1. The van der Waals surface area contributed by atoms with Crippen LogP contribution in [0.3, 0.4) is 0 Å². The van der Waals surface area contributed by atoms with E-state index in [9.17, 15) is 0 Å². The van der Waals surface area contributed by atoms with Gasteiger partial charge in [-0.1, -0.05) is 26.7 Å². The van der Waals surface area contributed by atoms with Crippen molar-refractivity contribution in [2.45, 2.75) is 58.4 Å². The smallest absolute Gasteiger partial charge is 0.0547 e. The van der Waals surface area contributed by atoms with Gasteiger partial charge in [0.15, 0.2) is 0 Å². The fourth-order valence-corrected chi connectivity index (χ4v) is 4.73. The molecule has 2 aliphatic heterocycles. The molecule has 0 aromatic carbocycles. The van der Waals surface area contributed by atoms with E-state index in [-0.39, 0.29) is 0 Å². The molecule has 0 amide bonds. The Labute approximate surface area is 130 Å². The first-order chi connectivity index (χ1) is 10.2. The average Bonchev–Trinajstić information content (AvgIpc) is 3.07. The summed E-state index contributed by atoms with van der Waals surface area (Å²) < 4.78 is 5.80. The molecule has 1 saturated carbocycles. The molecule has 0 radical (unpaired) electrons. The molecule has 122 valence electrons. The lowest BCUT2D eigenvalue weighted by Gasteiger charge is -2.38. The Bertz CT molecular complexity index is 325. The third kappa shape index (κ3) is 3.80. The summed E-state index contributed by atoms with van der Waals surface area (Å²) in [5, 5.41) is 3.71. The second kappa shape index (κ2) is 6.97. The van der Waals surface area contributed by atoms with Gasteiger partial charge in [0.1, 0.15) is 0 Å². The Morgan fingerprint density at radius 3 is 2.86 bits per heavy atom.